The predicted molar refractivity (Wildman–Crippen MR) is 124 cm³/mol. The van der Waals surface area contributed by atoms with Gasteiger partial charge in [0.2, 0.25) is 17.7 Å². The first-order valence-electron chi connectivity index (χ1n) is 12.9. The molecule has 12 heteroatoms. The number of nitrogens with one attached hydrogen (secondary N) is 3. The van der Waals surface area contributed by atoms with Crippen LogP contribution >= 0.6 is 0 Å². The Morgan fingerprint density at radius 2 is 1.81 bits per heavy atom. The van der Waals surface area contributed by atoms with Gasteiger partial charge in [-0.25, -0.2) is 0 Å². The third-order valence-electron chi connectivity index (χ3n) is 8.62. The highest BCUT2D eigenvalue weighted by molar-refractivity contribution is 5.94. The Labute approximate surface area is 213 Å². The minimum absolute atomic E-state index is 0.0403. The van der Waals surface area contributed by atoms with Crippen molar-refractivity contribution >= 4 is 23.6 Å². The zero-order valence-corrected chi connectivity index (χ0v) is 21.2. The standard InChI is InChI=1S/C25H34F3N5O4/c1-24(2,3)19(32-23(37)25(26,27)28)22(36)33-11-16-12-4-5-13(8-12)17(16)18(33)21(35)31-15(10-29)9-14-6-7-30-20(14)34/h12-19H,4-9,11H2,1-3H3,(H,30,34)(H,31,35)(H,32,37). The van der Waals surface area contributed by atoms with E-state index in [1.165, 1.54) is 4.90 Å². The van der Waals surface area contributed by atoms with Crippen LogP contribution in [0.5, 0.6) is 0 Å². The molecular weight excluding hydrogens is 491 g/mol. The van der Waals surface area contributed by atoms with Crippen LogP contribution in [-0.2, 0) is 19.2 Å². The Morgan fingerprint density at radius 1 is 1.14 bits per heavy atom. The number of fused-ring (bicyclic) bond motifs is 5. The van der Waals surface area contributed by atoms with Gasteiger partial charge in [-0.2, -0.15) is 18.4 Å². The topological polar surface area (TPSA) is 131 Å². The van der Waals surface area contributed by atoms with Crippen LogP contribution in [0.15, 0.2) is 0 Å². The fourth-order valence-electron chi connectivity index (χ4n) is 6.89. The van der Waals surface area contributed by atoms with E-state index >= 15 is 0 Å². The average Bonchev–Trinajstić information content (AvgIpc) is 3.57. The van der Waals surface area contributed by atoms with Crippen molar-refractivity contribution in [2.75, 3.05) is 13.1 Å². The number of alkyl halides is 3. The number of nitriles is 1. The number of hydrogen-bond donors (Lipinski definition) is 3. The van der Waals surface area contributed by atoms with Gasteiger partial charge in [0, 0.05) is 19.0 Å². The molecule has 37 heavy (non-hydrogen) atoms. The number of rotatable bonds is 6. The lowest BCUT2D eigenvalue weighted by Gasteiger charge is -2.37. The van der Waals surface area contributed by atoms with E-state index in [0.717, 1.165) is 19.3 Å². The number of hydrogen-bond acceptors (Lipinski definition) is 5. The van der Waals surface area contributed by atoms with Crippen molar-refractivity contribution < 1.29 is 32.3 Å². The summed E-state index contributed by atoms with van der Waals surface area (Å²) in [5.74, 6) is -3.62. The molecule has 4 fully saturated rings. The summed E-state index contributed by atoms with van der Waals surface area (Å²) < 4.78 is 39.2. The van der Waals surface area contributed by atoms with E-state index in [4.69, 9.17) is 0 Å². The highest BCUT2D eigenvalue weighted by atomic mass is 19.4. The Bertz CT molecular complexity index is 1000. The van der Waals surface area contributed by atoms with Gasteiger partial charge in [0.15, 0.2) is 0 Å². The van der Waals surface area contributed by atoms with E-state index in [2.05, 4.69) is 10.6 Å². The van der Waals surface area contributed by atoms with Crippen LogP contribution < -0.4 is 16.0 Å². The SMILES string of the molecule is CC(C)(C)C(NC(=O)C(F)(F)F)C(=O)N1CC2C3CCC(C3)C2C1C(=O)NC(C#N)CC1CCNC1=O. The van der Waals surface area contributed by atoms with E-state index in [0.29, 0.717) is 18.9 Å². The summed E-state index contributed by atoms with van der Waals surface area (Å²) in [5.41, 5.74) is -1.05. The van der Waals surface area contributed by atoms with E-state index in [-0.39, 0.29) is 36.6 Å². The Hall–Kier alpha value is -2.84. The molecular formula is C25H34F3N5O4. The number of nitrogens with zero attached hydrogens (tertiary/aromatic N) is 2. The predicted octanol–water partition coefficient (Wildman–Crippen LogP) is 1.49. The molecule has 0 aromatic carbocycles. The molecule has 2 bridgehead atoms. The van der Waals surface area contributed by atoms with Crippen molar-refractivity contribution in [1.29, 1.82) is 5.26 Å². The second-order valence-corrected chi connectivity index (χ2v) is 12.0. The van der Waals surface area contributed by atoms with Crippen molar-refractivity contribution in [3.8, 4) is 6.07 Å². The third-order valence-corrected chi connectivity index (χ3v) is 8.62. The maximum atomic E-state index is 13.8. The molecule has 4 amide bonds. The molecule has 0 aromatic heterocycles. The van der Waals surface area contributed by atoms with Gasteiger partial charge in [0.05, 0.1) is 6.07 Å². The minimum Gasteiger partial charge on any atom is -0.356 e. The van der Waals surface area contributed by atoms with Crippen LogP contribution in [0.1, 0.15) is 52.9 Å². The lowest BCUT2D eigenvalue weighted by molar-refractivity contribution is -0.176. The summed E-state index contributed by atoms with van der Waals surface area (Å²) in [6.07, 6.45) is -1.63. The van der Waals surface area contributed by atoms with E-state index < -0.39 is 53.4 Å². The fourth-order valence-corrected chi connectivity index (χ4v) is 6.89. The molecule has 4 rings (SSSR count). The normalized spacial score (nSPS) is 32.4. The number of amides is 4. The summed E-state index contributed by atoms with van der Waals surface area (Å²) in [4.78, 5) is 52.5. The Morgan fingerprint density at radius 3 is 2.38 bits per heavy atom. The zero-order chi connectivity index (χ0) is 27.3. The molecule has 3 N–H and O–H groups in total. The maximum Gasteiger partial charge on any atom is 0.471 e. The van der Waals surface area contributed by atoms with Gasteiger partial charge in [-0.15, -0.1) is 0 Å². The van der Waals surface area contributed by atoms with Crippen LogP contribution in [0.3, 0.4) is 0 Å². The van der Waals surface area contributed by atoms with Gasteiger partial charge in [-0.3, -0.25) is 19.2 Å². The van der Waals surface area contributed by atoms with Crippen LogP contribution in [-0.4, -0.2) is 65.9 Å². The number of halogens is 3. The average molecular weight is 526 g/mol. The van der Waals surface area contributed by atoms with Gasteiger partial charge in [0.25, 0.3) is 0 Å². The van der Waals surface area contributed by atoms with Gasteiger partial charge in [-0.05, 0) is 61.2 Å². The molecule has 2 saturated heterocycles. The Kier molecular flexibility index (Phi) is 7.20. The first-order chi connectivity index (χ1) is 17.2. The molecule has 2 aliphatic heterocycles. The second-order valence-electron chi connectivity index (χ2n) is 12.0. The van der Waals surface area contributed by atoms with Crippen molar-refractivity contribution in [3.63, 3.8) is 0 Å². The third kappa shape index (κ3) is 5.27. The van der Waals surface area contributed by atoms with E-state index in [1.54, 1.807) is 20.8 Å². The Balaban J connectivity index is 1.58. The van der Waals surface area contributed by atoms with Crippen LogP contribution in [0, 0.1) is 46.3 Å². The van der Waals surface area contributed by atoms with E-state index in [9.17, 15) is 37.6 Å². The first-order valence-corrected chi connectivity index (χ1v) is 12.9. The molecule has 2 heterocycles. The van der Waals surface area contributed by atoms with Crippen LogP contribution in [0.2, 0.25) is 0 Å². The van der Waals surface area contributed by atoms with Gasteiger partial charge < -0.3 is 20.9 Å². The summed E-state index contributed by atoms with van der Waals surface area (Å²) in [6.45, 7) is 5.39. The van der Waals surface area contributed by atoms with Crippen molar-refractivity contribution in [3.05, 3.63) is 0 Å². The molecule has 204 valence electrons. The zero-order valence-electron chi connectivity index (χ0n) is 21.2. The summed E-state index contributed by atoms with van der Waals surface area (Å²) in [7, 11) is 0. The molecule has 8 atom stereocenters. The monoisotopic (exact) mass is 525 g/mol. The highest BCUT2D eigenvalue weighted by Crippen LogP contribution is 2.57. The fraction of sp³-hybridized carbons (Fsp3) is 0.800. The lowest BCUT2D eigenvalue weighted by Crippen LogP contribution is -2.60. The molecule has 0 aromatic rings. The quantitative estimate of drug-likeness (QED) is 0.484. The van der Waals surface area contributed by atoms with E-state index in [1.807, 2.05) is 11.4 Å². The van der Waals surface area contributed by atoms with Crippen LogP contribution in [0.4, 0.5) is 13.2 Å². The number of carbonyl (C=O) groups excluding carboxylic acids is 4. The van der Waals surface area contributed by atoms with Crippen molar-refractivity contribution in [1.82, 2.24) is 20.9 Å². The van der Waals surface area contributed by atoms with Gasteiger partial charge in [-0.1, -0.05) is 20.8 Å². The molecule has 0 radical (unpaired) electrons. The smallest absolute Gasteiger partial charge is 0.356 e. The first kappa shape index (κ1) is 27.2. The summed E-state index contributed by atoms with van der Waals surface area (Å²) >= 11 is 0. The van der Waals surface area contributed by atoms with Crippen molar-refractivity contribution in [2.45, 2.75) is 77.2 Å². The molecule has 0 spiro atoms. The minimum atomic E-state index is -5.16. The van der Waals surface area contributed by atoms with Crippen LogP contribution in [0.25, 0.3) is 0 Å². The molecule has 9 nitrogen and oxygen atoms in total. The number of carbonyl (C=O) groups is 4. The molecule has 2 aliphatic carbocycles. The lowest BCUT2D eigenvalue weighted by atomic mass is 9.78. The van der Waals surface area contributed by atoms with Gasteiger partial charge >= 0.3 is 12.1 Å². The molecule has 2 saturated carbocycles. The number of likely N-dealkylation sites (tertiary alicyclic amines) is 1. The largest absolute Gasteiger partial charge is 0.471 e. The highest BCUT2D eigenvalue weighted by Gasteiger charge is 2.60. The second kappa shape index (κ2) is 9.80. The summed E-state index contributed by atoms with van der Waals surface area (Å²) in [6, 6.07) is -1.36. The maximum absolute atomic E-state index is 13.8. The summed E-state index contributed by atoms with van der Waals surface area (Å²) in [5, 5.41) is 16.9. The molecule has 4 aliphatic rings. The van der Waals surface area contributed by atoms with Gasteiger partial charge in [0.1, 0.15) is 18.1 Å². The van der Waals surface area contributed by atoms with Crippen molar-refractivity contribution in [2.24, 2.45) is 35.0 Å². The molecule has 8 unspecified atom stereocenters.